The number of imidazole rings is 1. The Kier molecular flexibility index (Phi) is 5.10. The van der Waals surface area contributed by atoms with Crippen molar-refractivity contribution in [3.63, 3.8) is 0 Å². The molecule has 2 aromatic carbocycles. The second-order valence-electron chi connectivity index (χ2n) is 8.90. The zero-order valence-corrected chi connectivity index (χ0v) is 17.8. The first-order valence-corrected chi connectivity index (χ1v) is 10.9. The fourth-order valence-corrected chi connectivity index (χ4v) is 5.25. The highest BCUT2D eigenvalue weighted by atomic mass is 19.1. The Balaban J connectivity index is 1.43. The number of fused-ring (bicyclic) bond motifs is 2. The summed E-state index contributed by atoms with van der Waals surface area (Å²) >= 11 is 0. The molecule has 1 saturated heterocycles. The number of benzene rings is 2. The number of piperidine rings is 1. The quantitative estimate of drug-likeness (QED) is 0.651. The van der Waals surface area contributed by atoms with E-state index in [9.17, 15) is 9.18 Å². The summed E-state index contributed by atoms with van der Waals surface area (Å²) in [6, 6.07) is 16.6. The van der Waals surface area contributed by atoms with Gasteiger partial charge in [0, 0.05) is 31.7 Å². The lowest BCUT2D eigenvalue weighted by Crippen LogP contribution is -2.58. The third-order valence-electron chi connectivity index (χ3n) is 6.56. The molecular weight excluding hydrogens is 391 g/mol. The third kappa shape index (κ3) is 3.76. The van der Waals surface area contributed by atoms with Crippen LogP contribution in [0.15, 0.2) is 60.9 Å². The van der Waals surface area contributed by atoms with Gasteiger partial charge in [-0.2, -0.15) is 0 Å². The maximum absolute atomic E-state index is 13.6. The number of hydrogen-bond donors (Lipinski definition) is 0. The molecule has 1 aromatic heterocycles. The molecule has 2 aliphatic heterocycles. The maximum atomic E-state index is 13.6. The molecule has 0 aliphatic carbocycles. The molecule has 1 atom stereocenters. The van der Waals surface area contributed by atoms with Gasteiger partial charge in [0.05, 0.1) is 29.7 Å². The van der Waals surface area contributed by atoms with E-state index in [0.717, 1.165) is 49.3 Å². The maximum Gasteiger partial charge on any atom is 0.227 e. The van der Waals surface area contributed by atoms with Crippen molar-refractivity contribution in [1.29, 1.82) is 0 Å². The Morgan fingerprint density at radius 1 is 1.13 bits per heavy atom. The van der Waals surface area contributed by atoms with Crippen LogP contribution in [0.4, 0.5) is 4.39 Å². The molecule has 3 aromatic rings. The number of likely N-dealkylation sites (tertiary alicyclic amines) is 1. The van der Waals surface area contributed by atoms with Crippen LogP contribution in [0.3, 0.4) is 0 Å². The molecule has 1 fully saturated rings. The average Bonchev–Trinajstić information content (AvgIpc) is 3.19. The Hall–Kier alpha value is -2.99. The van der Waals surface area contributed by atoms with Gasteiger partial charge in [-0.15, -0.1) is 0 Å². The van der Waals surface area contributed by atoms with Crippen molar-refractivity contribution in [2.24, 2.45) is 0 Å². The zero-order chi connectivity index (χ0) is 21.4. The highest BCUT2D eigenvalue weighted by Crippen LogP contribution is 2.38. The van der Waals surface area contributed by atoms with Gasteiger partial charge in [0.1, 0.15) is 5.82 Å². The Morgan fingerprint density at radius 2 is 1.97 bits per heavy atom. The number of halogens is 1. The minimum absolute atomic E-state index is 0.0582. The molecule has 0 N–H and O–H groups in total. The average molecular weight is 419 g/mol. The summed E-state index contributed by atoms with van der Waals surface area (Å²) in [6.45, 7) is 3.12. The summed E-state index contributed by atoms with van der Waals surface area (Å²) in [7, 11) is 2.14. The zero-order valence-electron chi connectivity index (χ0n) is 17.8. The standard InChI is InChI=1S/C25H27FN4O/c1-28-15-22-24(20-8-3-2-4-9-20)27-18-30(22)25(16-28)11-6-12-29(17-25)23(31)14-19-7-5-10-21(26)13-19/h2-5,7-10,13,18H,6,11-12,14-17H2,1H3/t25-/m0/s1. The van der Waals surface area contributed by atoms with E-state index in [1.165, 1.54) is 17.8 Å². The van der Waals surface area contributed by atoms with Crippen molar-refractivity contribution < 1.29 is 9.18 Å². The number of hydrogen-bond acceptors (Lipinski definition) is 3. The van der Waals surface area contributed by atoms with E-state index in [0.29, 0.717) is 6.54 Å². The van der Waals surface area contributed by atoms with Crippen molar-refractivity contribution in [3.8, 4) is 11.3 Å². The molecule has 1 spiro atoms. The van der Waals surface area contributed by atoms with Crippen molar-refractivity contribution >= 4 is 5.91 Å². The van der Waals surface area contributed by atoms with Crippen LogP contribution in [0, 0.1) is 5.82 Å². The largest absolute Gasteiger partial charge is 0.340 e. The van der Waals surface area contributed by atoms with Gasteiger partial charge in [-0.25, -0.2) is 9.37 Å². The van der Waals surface area contributed by atoms with Crippen LogP contribution in [-0.2, 0) is 23.3 Å². The normalized spacial score (nSPS) is 21.3. The molecule has 0 saturated carbocycles. The van der Waals surface area contributed by atoms with Gasteiger partial charge in [0.15, 0.2) is 0 Å². The number of aromatic nitrogens is 2. The SMILES string of the molecule is CN1Cc2c(-c3ccccc3)ncn2[C@@]2(CCCN(C(=O)Cc3cccc(F)c3)C2)C1. The molecular formula is C25H27FN4O. The molecule has 31 heavy (non-hydrogen) atoms. The molecule has 0 bridgehead atoms. The lowest BCUT2D eigenvalue weighted by molar-refractivity contribution is -0.134. The van der Waals surface area contributed by atoms with Crippen LogP contribution in [-0.4, -0.2) is 51.9 Å². The van der Waals surface area contributed by atoms with E-state index in [4.69, 9.17) is 4.98 Å². The van der Waals surface area contributed by atoms with Crippen LogP contribution in [0.1, 0.15) is 24.1 Å². The molecule has 5 rings (SSSR count). The molecule has 1 amide bonds. The summed E-state index contributed by atoms with van der Waals surface area (Å²) in [5, 5.41) is 0. The minimum atomic E-state index is -0.300. The first-order chi connectivity index (χ1) is 15.0. The van der Waals surface area contributed by atoms with Crippen LogP contribution in [0.5, 0.6) is 0 Å². The van der Waals surface area contributed by atoms with E-state index in [2.05, 4.69) is 28.6 Å². The molecule has 5 nitrogen and oxygen atoms in total. The highest BCUT2D eigenvalue weighted by Gasteiger charge is 2.43. The lowest BCUT2D eigenvalue weighted by Gasteiger charge is -2.49. The van der Waals surface area contributed by atoms with E-state index in [-0.39, 0.29) is 23.7 Å². The molecule has 3 heterocycles. The third-order valence-corrected chi connectivity index (χ3v) is 6.56. The minimum Gasteiger partial charge on any atom is -0.340 e. The Labute approximate surface area is 182 Å². The fraction of sp³-hybridized carbons (Fsp3) is 0.360. The summed E-state index contributed by atoms with van der Waals surface area (Å²) < 4.78 is 15.9. The van der Waals surface area contributed by atoms with E-state index >= 15 is 0 Å². The number of rotatable bonds is 3. The van der Waals surface area contributed by atoms with E-state index in [1.54, 1.807) is 6.07 Å². The topological polar surface area (TPSA) is 41.4 Å². The van der Waals surface area contributed by atoms with Crippen LogP contribution in [0.25, 0.3) is 11.3 Å². The molecule has 6 heteroatoms. The van der Waals surface area contributed by atoms with Crippen molar-refractivity contribution in [3.05, 3.63) is 78.0 Å². The van der Waals surface area contributed by atoms with Crippen LogP contribution in [0.2, 0.25) is 0 Å². The van der Waals surface area contributed by atoms with Gasteiger partial charge in [0.25, 0.3) is 0 Å². The van der Waals surface area contributed by atoms with Gasteiger partial charge < -0.3 is 9.47 Å². The molecule has 0 radical (unpaired) electrons. The van der Waals surface area contributed by atoms with Gasteiger partial charge in [0.2, 0.25) is 5.91 Å². The van der Waals surface area contributed by atoms with Gasteiger partial charge in [-0.05, 0) is 37.6 Å². The van der Waals surface area contributed by atoms with Crippen LogP contribution < -0.4 is 0 Å². The summed E-state index contributed by atoms with van der Waals surface area (Å²) in [5.41, 5.74) is 3.89. The van der Waals surface area contributed by atoms with Crippen molar-refractivity contribution in [1.82, 2.24) is 19.4 Å². The summed E-state index contributed by atoms with van der Waals surface area (Å²) in [6.07, 6.45) is 4.15. The van der Waals surface area contributed by atoms with Crippen molar-refractivity contribution in [2.45, 2.75) is 31.3 Å². The van der Waals surface area contributed by atoms with E-state index < -0.39 is 0 Å². The number of carbonyl (C=O) groups is 1. The fourth-order valence-electron chi connectivity index (χ4n) is 5.25. The summed E-state index contributed by atoms with van der Waals surface area (Å²) in [5.74, 6) is -0.242. The number of carbonyl (C=O) groups excluding carboxylic acids is 1. The molecule has 160 valence electrons. The first kappa shape index (κ1) is 19.9. The lowest BCUT2D eigenvalue weighted by atomic mass is 9.85. The van der Waals surface area contributed by atoms with Crippen LogP contribution >= 0.6 is 0 Å². The summed E-state index contributed by atoms with van der Waals surface area (Å²) in [4.78, 5) is 22.2. The second-order valence-corrected chi connectivity index (χ2v) is 8.90. The monoisotopic (exact) mass is 418 g/mol. The Bertz CT molecular complexity index is 1100. The smallest absolute Gasteiger partial charge is 0.227 e. The van der Waals surface area contributed by atoms with Gasteiger partial charge >= 0.3 is 0 Å². The second kappa shape index (κ2) is 7.93. The first-order valence-electron chi connectivity index (χ1n) is 10.9. The Morgan fingerprint density at radius 3 is 2.77 bits per heavy atom. The predicted molar refractivity (Wildman–Crippen MR) is 118 cm³/mol. The van der Waals surface area contributed by atoms with E-state index in [1.807, 2.05) is 35.5 Å². The van der Waals surface area contributed by atoms with Crippen molar-refractivity contribution in [2.75, 3.05) is 26.7 Å². The molecule has 2 aliphatic rings. The number of nitrogens with zero attached hydrogens (tertiary/aromatic N) is 4. The van der Waals surface area contributed by atoms with Gasteiger partial charge in [-0.3, -0.25) is 9.69 Å². The number of amides is 1. The predicted octanol–water partition coefficient (Wildman–Crippen LogP) is 3.70. The molecule has 0 unspecified atom stereocenters. The number of likely N-dealkylation sites (N-methyl/N-ethyl adjacent to an activating group) is 1. The highest BCUT2D eigenvalue weighted by molar-refractivity contribution is 5.79. The van der Waals surface area contributed by atoms with Gasteiger partial charge in [-0.1, -0.05) is 42.5 Å².